The minimum absolute atomic E-state index is 0.312. The maximum Gasteiger partial charge on any atom is 0.236 e. The van der Waals surface area contributed by atoms with Gasteiger partial charge in [0.05, 0.1) is 6.54 Å². The summed E-state index contributed by atoms with van der Waals surface area (Å²) in [5.41, 5.74) is 0. The third kappa shape index (κ3) is 2.94. The molecule has 0 spiro atoms. The molecule has 0 atom stereocenters. The molecule has 1 saturated carbocycles. The van der Waals surface area contributed by atoms with Gasteiger partial charge in [0, 0.05) is 19.1 Å². The van der Waals surface area contributed by atoms with Gasteiger partial charge in [-0.1, -0.05) is 32.1 Å². The van der Waals surface area contributed by atoms with Crippen molar-refractivity contribution in [2.75, 3.05) is 19.6 Å². The first-order valence-corrected chi connectivity index (χ1v) is 6.38. The van der Waals surface area contributed by atoms with Crippen LogP contribution in [0.4, 0.5) is 0 Å². The van der Waals surface area contributed by atoms with E-state index in [2.05, 4.69) is 10.2 Å². The Morgan fingerprint density at radius 2 is 1.73 bits per heavy atom. The Labute approximate surface area is 92.2 Å². The molecule has 1 amide bonds. The first-order chi connectivity index (χ1) is 7.38. The Kier molecular flexibility index (Phi) is 4.01. The third-order valence-corrected chi connectivity index (χ3v) is 3.64. The van der Waals surface area contributed by atoms with Crippen molar-refractivity contribution in [1.29, 1.82) is 0 Å². The van der Waals surface area contributed by atoms with Crippen LogP contribution in [0.15, 0.2) is 0 Å². The zero-order valence-electron chi connectivity index (χ0n) is 9.50. The quantitative estimate of drug-likeness (QED) is 0.712. The summed E-state index contributed by atoms with van der Waals surface area (Å²) in [5, 5.41) is 3.14. The van der Waals surface area contributed by atoms with E-state index in [1.807, 2.05) is 0 Å². The minimum Gasteiger partial charge on any atom is -0.337 e. The number of rotatable bonds is 1. The van der Waals surface area contributed by atoms with Crippen molar-refractivity contribution >= 4 is 5.91 Å². The predicted molar refractivity (Wildman–Crippen MR) is 60.7 cm³/mol. The summed E-state index contributed by atoms with van der Waals surface area (Å²) >= 11 is 0. The zero-order chi connectivity index (χ0) is 10.5. The Morgan fingerprint density at radius 1 is 1.07 bits per heavy atom. The molecule has 0 aromatic rings. The molecule has 0 unspecified atom stereocenters. The van der Waals surface area contributed by atoms with Crippen molar-refractivity contribution in [3.05, 3.63) is 0 Å². The Bertz CT molecular complexity index is 210. The summed E-state index contributed by atoms with van der Waals surface area (Å²) in [5.74, 6) is 0.312. The lowest BCUT2D eigenvalue weighted by molar-refractivity contribution is -0.134. The zero-order valence-corrected chi connectivity index (χ0v) is 9.50. The average molecular weight is 210 g/mol. The second-order valence-corrected chi connectivity index (χ2v) is 4.76. The summed E-state index contributed by atoms with van der Waals surface area (Å²) in [6.07, 6.45) is 9.18. The average Bonchev–Trinajstić information content (AvgIpc) is 2.19. The standard InChI is InChI=1S/C12H22N2O/c15-12-10-13-8-9-14(12)11-6-4-2-1-3-5-7-11/h11,13H,1-10H2. The van der Waals surface area contributed by atoms with Gasteiger partial charge >= 0.3 is 0 Å². The fourth-order valence-corrected chi connectivity index (χ4v) is 2.75. The molecule has 1 heterocycles. The van der Waals surface area contributed by atoms with E-state index in [9.17, 15) is 4.79 Å². The second kappa shape index (κ2) is 5.50. The molecule has 1 saturated heterocycles. The van der Waals surface area contributed by atoms with Gasteiger partial charge < -0.3 is 10.2 Å². The number of amides is 1. The largest absolute Gasteiger partial charge is 0.337 e. The van der Waals surface area contributed by atoms with Crippen LogP contribution in [-0.2, 0) is 4.79 Å². The van der Waals surface area contributed by atoms with Crippen LogP contribution in [0.25, 0.3) is 0 Å². The molecular weight excluding hydrogens is 188 g/mol. The van der Waals surface area contributed by atoms with E-state index in [4.69, 9.17) is 0 Å². The molecule has 0 bridgehead atoms. The van der Waals surface area contributed by atoms with Crippen molar-refractivity contribution in [1.82, 2.24) is 10.2 Å². The summed E-state index contributed by atoms with van der Waals surface area (Å²) in [4.78, 5) is 13.9. The van der Waals surface area contributed by atoms with E-state index in [-0.39, 0.29) is 0 Å². The van der Waals surface area contributed by atoms with E-state index in [0.29, 0.717) is 18.5 Å². The van der Waals surface area contributed by atoms with E-state index in [1.54, 1.807) is 0 Å². The number of nitrogens with one attached hydrogen (secondary N) is 1. The van der Waals surface area contributed by atoms with Gasteiger partial charge in [-0.15, -0.1) is 0 Å². The minimum atomic E-state index is 0.312. The van der Waals surface area contributed by atoms with Crippen LogP contribution in [0.3, 0.4) is 0 Å². The van der Waals surface area contributed by atoms with Gasteiger partial charge in [0.15, 0.2) is 0 Å². The highest BCUT2D eigenvalue weighted by atomic mass is 16.2. The number of carbonyl (C=O) groups is 1. The van der Waals surface area contributed by atoms with Crippen LogP contribution in [0.2, 0.25) is 0 Å². The van der Waals surface area contributed by atoms with Crippen LogP contribution in [0.1, 0.15) is 44.9 Å². The first-order valence-electron chi connectivity index (χ1n) is 6.38. The molecule has 1 aliphatic carbocycles. The van der Waals surface area contributed by atoms with Crippen LogP contribution in [0, 0.1) is 0 Å². The molecule has 1 aliphatic heterocycles. The second-order valence-electron chi connectivity index (χ2n) is 4.76. The highest BCUT2D eigenvalue weighted by Gasteiger charge is 2.25. The fourth-order valence-electron chi connectivity index (χ4n) is 2.75. The molecule has 3 nitrogen and oxygen atoms in total. The number of hydrogen-bond acceptors (Lipinski definition) is 2. The van der Waals surface area contributed by atoms with Crippen LogP contribution >= 0.6 is 0 Å². The highest BCUT2D eigenvalue weighted by Crippen LogP contribution is 2.21. The van der Waals surface area contributed by atoms with Crippen molar-refractivity contribution < 1.29 is 4.79 Å². The van der Waals surface area contributed by atoms with Crippen molar-refractivity contribution in [3.63, 3.8) is 0 Å². The predicted octanol–water partition coefficient (Wildman–Crippen LogP) is 1.53. The van der Waals surface area contributed by atoms with Gasteiger partial charge in [-0.3, -0.25) is 4.79 Å². The van der Waals surface area contributed by atoms with Crippen LogP contribution < -0.4 is 5.32 Å². The molecule has 2 fully saturated rings. The first kappa shape index (κ1) is 10.9. The monoisotopic (exact) mass is 210 g/mol. The summed E-state index contributed by atoms with van der Waals surface area (Å²) in [7, 11) is 0. The molecule has 3 heteroatoms. The van der Waals surface area contributed by atoms with Crippen molar-refractivity contribution in [3.8, 4) is 0 Å². The SMILES string of the molecule is O=C1CNCCN1C1CCCCCCC1. The lowest BCUT2D eigenvalue weighted by atomic mass is 9.95. The van der Waals surface area contributed by atoms with E-state index < -0.39 is 0 Å². The van der Waals surface area contributed by atoms with E-state index in [1.165, 1.54) is 44.9 Å². The third-order valence-electron chi connectivity index (χ3n) is 3.64. The summed E-state index contributed by atoms with van der Waals surface area (Å²) in [6, 6.07) is 0.542. The van der Waals surface area contributed by atoms with Crippen molar-refractivity contribution in [2.45, 2.75) is 51.0 Å². The van der Waals surface area contributed by atoms with Gasteiger partial charge in [0.25, 0.3) is 0 Å². The molecular formula is C12H22N2O. The number of carbonyl (C=O) groups excluding carboxylic acids is 1. The molecule has 15 heavy (non-hydrogen) atoms. The van der Waals surface area contributed by atoms with Gasteiger partial charge in [-0.05, 0) is 12.8 Å². The van der Waals surface area contributed by atoms with Gasteiger partial charge in [-0.2, -0.15) is 0 Å². The molecule has 1 N–H and O–H groups in total. The number of nitrogens with zero attached hydrogens (tertiary/aromatic N) is 1. The smallest absolute Gasteiger partial charge is 0.236 e. The maximum atomic E-state index is 11.8. The number of piperazine rings is 1. The molecule has 86 valence electrons. The normalized spacial score (nSPS) is 26.1. The Hall–Kier alpha value is -0.570. The van der Waals surface area contributed by atoms with E-state index in [0.717, 1.165) is 13.1 Å². The van der Waals surface area contributed by atoms with Crippen LogP contribution in [0.5, 0.6) is 0 Å². The lowest BCUT2D eigenvalue weighted by Gasteiger charge is -2.36. The molecule has 0 aromatic heterocycles. The molecule has 2 aliphatic rings. The topological polar surface area (TPSA) is 32.3 Å². The molecule has 0 radical (unpaired) electrons. The fraction of sp³-hybridized carbons (Fsp3) is 0.917. The lowest BCUT2D eigenvalue weighted by Crippen LogP contribution is -2.52. The van der Waals surface area contributed by atoms with Gasteiger partial charge in [-0.25, -0.2) is 0 Å². The van der Waals surface area contributed by atoms with Gasteiger partial charge in [0.1, 0.15) is 0 Å². The Morgan fingerprint density at radius 3 is 2.40 bits per heavy atom. The Balaban J connectivity index is 1.90. The summed E-state index contributed by atoms with van der Waals surface area (Å²) in [6.45, 7) is 2.45. The molecule has 0 aromatic carbocycles. The van der Waals surface area contributed by atoms with E-state index >= 15 is 0 Å². The van der Waals surface area contributed by atoms with Crippen molar-refractivity contribution in [2.24, 2.45) is 0 Å². The highest BCUT2D eigenvalue weighted by molar-refractivity contribution is 5.79. The van der Waals surface area contributed by atoms with Gasteiger partial charge in [0.2, 0.25) is 5.91 Å². The number of hydrogen-bond donors (Lipinski definition) is 1. The molecule has 2 rings (SSSR count). The summed E-state index contributed by atoms with van der Waals surface area (Å²) < 4.78 is 0. The van der Waals surface area contributed by atoms with Crippen LogP contribution in [-0.4, -0.2) is 36.5 Å². The maximum absolute atomic E-state index is 11.8.